The van der Waals surface area contributed by atoms with Gasteiger partial charge in [-0.3, -0.25) is 9.98 Å². The molecule has 9 heteroatoms. The molecular formula is C26H33ClN6O2. The largest absolute Gasteiger partial charge is 0.457 e. The maximum Gasteiger partial charge on any atom is 0.193 e. The highest BCUT2D eigenvalue weighted by atomic mass is 35.5. The fraction of sp³-hybridized carbons (Fsp3) is 0.231. The summed E-state index contributed by atoms with van der Waals surface area (Å²) in [6, 6.07) is 22.7. The third kappa shape index (κ3) is 9.46. The normalized spacial score (nSPS) is 11.7. The van der Waals surface area contributed by atoms with Crippen LogP contribution in [0.4, 0.5) is 11.4 Å². The smallest absolute Gasteiger partial charge is 0.193 e. The quantitative estimate of drug-likeness (QED) is 0.225. The van der Waals surface area contributed by atoms with Gasteiger partial charge in [-0.15, -0.1) is 12.4 Å². The fourth-order valence-electron chi connectivity index (χ4n) is 2.98. The summed E-state index contributed by atoms with van der Waals surface area (Å²) in [6.45, 7) is 7.88. The Bertz CT molecular complexity index is 1020. The van der Waals surface area contributed by atoms with Crippen LogP contribution in [-0.2, 0) is 0 Å². The lowest BCUT2D eigenvalue weighted by Crippen LogP contribution is -2.23. The summed E-state index contributed by atoms with van der Waals surface area (Å²) in [5.41, 5.74) is 13.4. The van der Waals surface area contributed by atoms with Crippen LogP contribution in [0.2, 0.25) is 0 Å². The average Bonchev–Trinajstić information content (AvgIpc) is 2.77. The molecule has 3 aromatic rings. The SMILES string of the molecule is CC(C)N=C(N)Nc1ccc(Oc2ccc(Oc3ccc(NC(N)=NC(C)C)cc3)cc2)cc1.Cl. The van der Waals surface area contributed by atoms with Gasteiger partial charge in [0, 0.05) is 23.5 Å². The molecule has 0 aliphatic heterocycles. The Balaban J connectivity index is 0.00000432. The number of guanidine groups is 2. The summed E-state index contributed by atoms with van der Waals surface area (Å²) >= 11 is 0. The lowest BCUT2D eigenvalue weighted by Gasteiger charge is -2.11. The minimum Gasteiger partial charge on any atom is -0.457 e. The molecule has 6 N–H and O–H groups in total. The van der Waals surface area contributed by atoms with Gasteiger partial charge in [-0.25, -0.2) is 0 Å². The topological polar surface area (TPSA) is 119 Å². The molecule has 0 unspecified atom stereocenters. The minimum absolute atomic E-state index is 0. The molecule has 0 atom stereocenters. The third-order valence-electron chi connectivity index (χ3n) is 4.34. The summed E-state index contributed by atoms with van der Waals surface area (Å²) in [5, 5.41) is 6.11. The first-order valence-corrected chi connectivity index (χ1v) is 11.1. The van der Waals surface area contributed by atoms with Gasteiger partial charge < -0.3 is 31.6 Å². The molecule has 0 saturated heterocycles. The van der Waals surface area contributed by atoms with Gasteiger partial charge in [-0.1, -0.05) is 0 Å². The first-order valence-electron chi connectivity index (χ1n) is 11.1. The van der Waals surface area contributed by atoms with Gasteiger partial charge in [0.25, 0.3) is 0 Å². The van der Waals surface area contributed by atoms with Crippen molar-refractivity contribution >= 4 is 35.7 Å². The zero-order valence-electron chi connectivity index (χ0n) is 20.4. The van der Waals surface area contributed by atoms with Crippen molar-refractivity contribution in [1.82, 2.24) is 0 Å². The second-order valence-electron chi connectivity index (χ2n) is 8.19. The maximum absolute atomic E-state index is 5.91. The molecule has 0 spiro atoms. The van der Waals surface area contributed by atoms with Gasteiger partial charge in [-0.05, 0) is 100 Å². The van der Waals surface area contributed by atoms with Gasteiger partial charge in [0.15, 0.2) is 11.9 Å². The van der Waals surface area contributed by atoms with E-state index >= 15 is 0 Å². The third-order valence-corrected chi connectivity index (χ3v) is 4.34. The molecule has 35 heavy (non-hydrogen) atoms. The molecule has 3 aromatic carbocycles. The Kier molecular flexibility index (Phi) is 10.2. The van der Waals surface area contributed by atoms with Crippen molar-refractivity contribution in [3.63, 3.8) is 0 Å². The van der Waals surface area contributed by atoms with E-state index in [1.54, 1.807) is 0 Å². The number of halogens is 1. The van der Waals surface area contributed by atoms with E-state index in [-0.39, 0.29) is 24.5 Å². The van der Waals surface area contributed by atoms with Crippen molar-refractivity contribution in [2.24, 2.45) is 21.5 Å². The van der Waals surface area contributed by atoms with Crippen LogP contribution in [0.1, 0.15) is 27.7 Å². The van der Waals surface area contributed by atoms with E-state index in [0.717, 1.165) is 11.4 Å². The minimum atomic E-state index is 0. The summed E-state index contributed by atoms with van der Waals surface area (Å²) in [6.07, 6.45) is 0. The fourth-order valence-corrected chi connectivity index (χ4v) is 2.98. The van der Waals surface area contributed by atoms with Crippen molar-refractivity contribution in [2.75, 3.05) is 10.6 Å². The monoisotopic (exact) mass is 496 g/mol. The number of hydrogen-bond donors (Lipinski definition) is 4. The predicted molar refractivity (Wildman–Crippen MR) is 147 cm³/mol. The van der Waals surface area contributed by atoms with E-state index in [1.165, 1.54) is 0 Å². The number of nitrogens with one attached hydrogen (secondary N) is 2. The zero-order valence-corrected chi connectivity index (χ0v) is 21.2. The van der Waals surface area contributed by atoms with Crippen molar-refractivity contribution in [3.05, 3.63) is 72.8 Å². The number of nitrogens with two attached hydrogens (primary N) is 2. The van der Waals surface area contributed by atoms with Crippen molar-refractivity contribution in [1.29, 1.82) is 0 Å². The Labute approximate surface area is 212 Å². The molecule has 0 aromatic heterocycles. The Morgan fingerprint density at radius 3 is 1.09 bits per heavy atom. The lowest BCUT2D eigenvalue weighted by atomic mass is 10.3. The number of hydrogen-bond acceptors (Lipinski definition) is 4. The highest BCUT2D eigenvalue weighted by Gasteiger charge is 2.03. The van der Waals surface area contributed by atoms with Gasteiger partial charge in [0.1, 0.15) is 23.0 Å². The summed E-state index contributed by atoms with van der Waals surface area (Å²) in [5.74, 6) is 3.59. The van der Waals surface area contributed by atoms with E-state index in [0.29, 0.717) is 34.9 Å². The van der Waals surface area contributed by atoms with Gasteiger partial charge in [0.05, 0.1) is 0 Å². The molecule has 0 aliphatic rings. The highest BCUT2D eigenvalue weighted by molar-refractivity contribution is 5.92. The van der Waals surface area contributed by atoms with E-state index in [2.05, 4.69) is 20.6 Å². The Hall–Kier alpha value is -3.91. The average molecular weight is 497 g/mol. The molecule has 0 saturated carbocycles. The Morgan fingerprint density at radius 1 is 0.571 bits per heavy atom. The Morgan fingerprint density at radius 2 is 0.829 bits per heavy atom. The standard InChI is InChI=1S/C26H32N6O2.ClH/c1-17(2)29-25(27)31-19-5-9-21(10-6-19)33-23-13-15-24(16-14-23)34-22-11-7-20(8-12-22)32-26(28)30-18(3)4;/h5-18H,1-4H3,(H3,27,29,31)(H3,28,30,32);1H. The number of rotatable bonds is 8. The highest BCUT2D eigenvalue weighted by Crippen LogP contribution is 2.28. The number of nitrogens with zero attached hydrogens (tertiary/aromatic N) is 2. The van der Waals surface area contributed by atoms with Crippen LogP contribution in [0, 0.1) is 0 Å². The molecule has 186 valence electrons. The summed E-state index contributed by atoms with van der Waals surface area (Å²) in [4.78, 5) is 8.51. The molecule has 0 aliphatic carbocycles. The van der Waals surface area contributed by atoms with E-state index in [9.17, 15) is 0 Å². The lowest BCUT2D eigenvalue weighted by molar-refractivity contribution is 0.469. The van der Waals surface area contributed by atoms with E-state index in [1.807, 2.05) is 100 Å². The van der Waals surface area contributed by atoms with Crippen LogP contribution >= 0.6 is 12.4 Å². The van der Waals surface area contributed by atoms with Gasteiger partial charge >= 0.3 is 0 Å². The molecule has 0 amide bonds. The molecule has 0 fully saturated rings. The number of aliphatic imine (C=N–C) groups is 2. The second-order valence-corrected chi connectivity index (χ2v) is 8.19. The van der Waals surface area contributed by atoms with Crippen molar-refractivity contribution < 1.29 is 9.47 Å². The van der Waals surface area contributed by atoms with Gasteiger partial charge in [-0.2, -0.15) is 0 Å². The summed E-state index contributed by atoms with van der Waals surface area (Å²) in [7, 11) is 0. The maximum atomic E-state index is 5.91. The molecule has 0 heterocycles. The number of ether oxygens (including phenoxy) is 2. The van der Waals surface area contributed by atoms with Gasteiger partial charge in [0.2, 0.25) is 0 Å². The van der Waals surface area contributed by atoms with Crippen LogP contribution in [0.5, 0.6) is 23.0 Å². The first-order chi connectivity index (χ1) is 16.3. The number of anilines is 2. The van der Waals surface area contributed by atoms with Crippen LogP contribution in [0.3, 0.4) is 0 Å². The first kappa shape index (κ1) is 27.3. The zero-order chi connectivity index (χ0) is 24.5. The van der Waals surface area contributed by atoms with E-state index < -0.39 is 0 Å². The predicted octanol–water partition coefficient (Wildman–Crippen LogP) is 5.96. The van der Waals surface area contributed by atoms with Crippen LogP contribution in [-0.4, -0.2) is 24.0 Å². The van der Waals surface area contributed by atoms with Crippen LogP contribution in [0.15, 0.2) is 82.8 Å². The molecular weight excluding hydrogens is 464 g/mol. The van der Waals surface area contributed by atoms with Crippen molar-refractivity contribution in [2.45, 2.75) is 39.8 Å². The van der Waals surface area contributed by atoms with Crippen molar-refractivity contribution in [3.8, 4) is 23.0 Å². The van der Waals surface area contributed by atoms with Crippen LogP contribution < -0.4 is 31.6 Å². The van der Waals surface area contributed by atoms with E-state index in [4.69, 9.17) is 20.9 Å². The second kappa shape index (κ2) is 13.1. The molecule has 8 nitrogen and oxygen atoms in total. The summed E-state index contributed by atoms with van der Waals surface area (Å²) < 4.78 is 11.8. The number of benzene rings is 3. The molecule has 0 bridgehead atoms. The molecule has 0 radical (unpaired) electrons. The molecule has 3 rings (SSSR count). The van der Waals surface area contributed by atoms with Crippen LogP contribution in [0.25, 0.3) is 0 Å².